The fourth-order valence-corrected chi connectivity index (χ4v) is 3.33. The van der Waals surface area contributed by atoms with Crippen LogP contribution in [0.2, 0.25) is 0 Å². The molecule has 3 N–H and O–H groups in total. The quantitative estimate of drug-likeness (QED) is 0.640. The van der Waals surface area contributed by atoms with Crippen molar-refractivity contribution in [1.29, 1.82) is 0 Å². The van der Waals surface area contributed by atoms with E-state index in [0.717, 1.165) is 6.54 Å². The summed E-state index contributed by atoms with van der Waals surface area (Å²) in [6.45, 7) is 5.42. The summed E-state index contributed by atoms with van der Waals surface area (Å²) in [6, 6.07) is 1.51. The Bertz CT molecular complexity index is 649. The summed E-state index contributed by atoms with van der Waals surface area (Å²) < 4.78 is 29.1. The fraction of sp³-hybridized carbons (Fsp3) is 0.500. The Morgan fingerprint density at radius 1 is 1.48 bits per heavy atom. The lowest BCUT2D eigenvalue weighted by atomic mass is 10.3. The van der Waals surface area contributed by atoms with Crippen molar-refractivity contribution < 1.29 is 8.42 Å². The SMILES string of the molecule is CCNCc1cn[nH]c1S(=O)(=O)NC(C)Cn1cccn1. The molecule has 0 aliphatic heterocycles. The molecule has 0 fully saturated rings. The van der Waals surface area contributed by atoms with Crippen LogP contribution in [0.5, 0.6) is 0 Å². The van der Waals surface area contributed by atoms with Crippen molar-refractivity contribution in [2.45, 2.75) is 38.0 Å². The minimum absolute atomic E-state index is 0.107. The average molecular weight is 312 g/mol. The van der Waals surface area contributed by atoms with Crippen LogP contribution in [-0.4, -0.2) is 41.0 Å². The number of aromatic amines is 1. The number of hydrogen-bond acceptors (Lipinski definition) is 5. The summed E-state index contributed by atoms with van der Waals surface area (Å²) in [5.74, 6) is 0. The first kappa shape index (κ1) is 15.7. The molecule has 9 heteroatoms. The summed E-state index contributed by atoms with van der Waals surface area (Å²) in [5.41, 5.74) is 0.621. The number of H-pyrrole nitrogens is 1. The highest BCUT2D eigenvalue weighted by Gasteiger charge is 2.22. The Hall–Kier alpha value is -1.71. The van der Waals surface area contributed by atoms with E-state index in [4.69, 9.17) is 0 Å². The Morgan fingerprint density at radius 2 is 2.29 bits per heavy atom. The van der Waals surface area contributed by atoms with Gasteiger partial charge in [0.25, 0.3) is 10.0 Å². The van der Waals surface area contributed by atoms with E-state index in [1.54, 1.807) is 30.1 Å². The van der Waals surface area contributed by atoms with Crippen LogP contribution in [-0.2, 0) is 23.1 Å². The molecule has 2 aromatic heterocycles. The molecule has 2 aromatic rings. The molecule has 0 amide bonds. The largest absolute Gasteiger partial charge is 0.313 e. The van der Waals surface area contributed by atoms with E-state index < -0.39 is 10.0 Å². The number of nitrogens with one attached hydrogen (secondary N) is 3. The molecule has 0 radical (unpaired) electrons. The predicted molar refractivity (Wildman–Crippen MR) is 78.0 cm³/mol. The molecule has 8 nitrogen and oxygen atoms in total. The van der Waals surface area contributed by atoms with Gasteiger partial charge in [0.1, 0.15) is 0 Å². The van der Waals surface area contributed by atoms with E-state index in [9.17, 15) is 8.42 Å². The predicted octanol–water partition coefficient (Wildman–Crippen LogP) is 0.0827. The molecule has 116 valence electrons. The smallest absolute Gasteiger partial charge is 0.258 e. The summed E-state index contributed by atoms with van der Waals surface area (Å²) in [6.07, 6.45) is 4.97. The first-order chi connectivity index (χ1) is 10.0. The van der Waals surface area contributed by atoms with Gasteiger partial charge >= 0.3 is 0 Å². The third-order valence-electron chi connectivity index (χ3n) is 2.89. The van der Waals surface area contributed by atoms with E-state index in [-0.39, 0.29) is 11.1 Å². The van der Waals surface area contributed by atoms with Crippen LogP contribution in [0, 0.1) is 0 Å². The number of aromatic nitrogens is 4. The molecule has 0 aliphatic rings. The zero-order chi connectivity index (χ0) is 15.3. The van der Waals surface area contributed by atoms with Crippen LogP contribution < -0.4 is 10.0 Å². The van der Waals surface area contributed by atoms with Gasteiger partial charge in [-0.15, -0.1) is 0 Å². The van der Waals surface area contributed by atoms with Crippen LogP contribution in [0.1, 0.15) is 19.4 Å². The lowest BCUT2D eigenvalue weighted by molar-refractivity contribution is 0.492. The molecule has 0 aliphatic carbocycles. The Morgan fingerprint density at radius 3 is 2.95 bits per heavy atom. The molecule has 0 saturated carbocycles. The molecule has 2 rings (SSSR count). The maximum atomic E-state index is 12.4. The van der Waals surface area contributed by atoms with Crippen LogP contribution in [0.3, 0.4) is 0 Å². The lowest BCUT2D eigenvalue weighted by Gasteiger charge is -2.14. The van der Waals surface area contributed by atoms with Gasteiger partial charge in [0, 0.05) is 30.5 Å². The third-order valence-corrected chi connectivity index (χ3v) is 4.49. The minimum atomic E-state index is -3.63. The van der Waals surface area contributed by atoms with Crippen LogP contribution in [0.15, 0.2) is 29.7 Å². The summed E-state index contributed by atoms with van der Waals surface area (Å²) in [5, 5.41) is 13.6. The number of sulfonamides is 1. The molecule has 2 heterocycles. The normalized spacial score (nSPS) is 13.4. The number of rotatable bonds is 8. The van der Waals surface area contributed by atoms with Crippen molar-refractivity contribution >= 4 is 10.0 Å². The zero-order valence-electron chi connectivity index (χ0n) is 12.1. The van der Waals surface area contributed by atoms with Crippen molar-refractivity contribution in [2.24, 2.45) is 0 Å². The molecule has 0 aromatic carbocycles. The Kier molecular flexibility index (Phi) is 5.10. The van der Waals surface area contributed by atoms with Crippen LogP contribution in [0.4, 0.5) is 0 Å². The molecule has 0 bridgehead atoms. The fourth-order valence-electron chi connectivity index (χ4n) is 1.97. The average Bonchev–Trinajstić information content (AvgIpc) is 3.06. The van der Waals surface area contributed by atoms with Crippen molar-refractivity contribution in [3.8, 4) is 0 Å². The second kappa shape index (κ2) is 6.83. The highest BCUT2D eigenvalue weighted by Crippen LogP contribution is 2.12. The third kappa shape index (κ3) is 4.13. The maximum absolute atomic E-state index is 12.4. The van der Waals surface area contributed by atoms with E-state index in [0.29, 0.717) is 18.7 Å². The van der Waals surface area contributed by atoms with Crippen molar-refractivity contribution in [3.05, 3.63) is 30.2 Å². The van der Waals surface area contributed by atoms with Crippen molar-refractivity contribution in [3.63, 3.8) is 0 Å². The summed E-state index contributed by atoms with van der Waals surface area (Å²) in [7, 11) is -3.63. The molecular weight excluding hydrogens is 292 g/mol. The van der Waals surface area contributed by atoms with E-state index in [1.165, 1.54) is 6.20 Å². The van der Waals surface area contributed by atoms with Crippen molar-refractivity contribution in [2.75, 3.05) is 6.54 Å². The molecule has 0 saturated heterocycles. The van der Waals surface area contributed by atoms with Gasteiger partial charge in [-0.1, -0.05) is 6.92 Å². The molecule has 21 heavy (non-hydrogen) atoms. The number of hydrogen-bond donors (Lipinski definition) is 3. The second-order valence-corrected chi connectivity index (χ2v) is 6.41. The molecular formula is C12H20N6O2S. The minimum Gasteiger partial charge on any atom is -0.313 e. The van der Waals surface area contributed by atoms with Gasteiger partial charge in [-0.2, -0.15) is 10.2 Å². The van der Waals surface area contributed by atoms with E-state index >= 15 is 0 Å². The van der Waals surface area contributed by atoms with Gasteiger partial charge in [0.15, 0.2) is 5.03 Å². The van der Waals surface area contributed by atoms with Crippen LogP contribution >= 0.6 is 0 Å². The monoisotopic (exact) mass is 312 g/mol. The highest BCUT2D eigenvalue weighted by molar-refractivity contribution is 7.89. The van der Waals surface area contributed by atoms with Gasteiger partial charge in [-0.05, 0) is 19.5 Å². The van der Waals surface area contributed by atoms with E-state index in [1.807, 2.05) is 6.92 Å². The molecule has 1 unspecified atom stereocenters. The first-order valence-electron chi connectivity index (χ1n) is 6.75. The lowest BCUT2D eigenvalue weighted by Crippen LogP contribution is -2.36. The van der Waals surface area contributed by atoms with Gasteiger partial charge < -0.3 is 5.32 Å². The topological polar surface area (TPSA) is 105 Å². The summed E-state index contributed by atoms with van der Waals surface area (Å²) in [4.78, 5) is 0. The Labute approximate surface area is 124 Å². The second-order valence-electron chi connectivity index (χ2n) is 4.76. The summed E-state index contributed by atoms with van der Waals surface area (Å²) >= 11 is 0. The molecule has 1 atom stereocenters. The van der Waals surface area contributed by atoms with Crippen LogP contribution in [0.25, 0.3) is 0 Å². The van der Waals surface area contributed by atoms with Gasteiger partial charge in [0.2, 0.25) is 0 Å². The van der Waals surface area contributed by atoms with E-state index in [2.05, 4.69) is 25.3 Å². The van der Waals surface area contributed by atoms with Gasteiger partial charge in [-0.3, -0.25) is 9.78 Å². The molecule has 0 spiro atoms. The highest BCUT2D eigenvalue weighted by atomic mass is 32.2. The van der Waals surface area contributed by atoms with Gasteiger partial charge in [-0.25, -0.2) is 13.1 Å². The Balaban J connectivity index is 2.05. The standard InChI is InChI=1S/C12H20N6O2S/c1-3-13-7-11-8-14-16-12(11)21(19,20)17-10(2)9-18-6-4-5-15-18/h4-6,8,10,13,17H,3,7,9H2,1-2H3,(H,14,16). The number of nitrogens with zero attached hydrogens (tertiary/aromatic N) is 3. The maximum Gasteiger partial charge on any atom is 0.258 e. The van der Waals surface area contributed by atoms with Crippen molar-refractivity contribution in [1.82, 2.24) is 30.0 Å². The zero-order valence-corrected chi connectivity index (χ0v) is 12.9. The van der Waals surface area contributed by atoms with Gasteiger partial charge in [0.05, 0.1) is 12.7 Å². The first-order valence-corrected chi connectivity index (χ1v) is 8.24.